The molecule has 3 heterocycles. The summed E-state index contributed by atoms with van der Waals surface area (Å²) in [6, 6.07) is 15.3. The Morgan fingerprint density at radius 1 is 0.977 bits per heavy atom. The Bertz CT molecular complexity index is 1530. The molecule has 1 fully saturated rings. The van der Waals surface area contributed by atoms with Crippen molar-refractivity contribution < 1.29 is 32.2 Å². The molecule has 3 aromatic rings. The molecule has 2 aromatic carbocycles. The van der Waals surface area contributed by atoms with Gasteiger partial charge in [0, 0.05) is 44.1 Å². The maximum atomic E-state index is 13.1. The first-order valence-electron chi connectivity index (χ1n) is 13.9. The molecule has 0 atom stereocenters. The minimum absolute atomic E-state index is 0.156. The summed E-state index contributed by atoms with van der Waals surface area (Å²) in [7, 11) is 1.54. The molecule has 14 heteroatoms. The van der Waals surface area contributed by atoms with Crippen LogP contribution in [0.25, 0.3) is 0 Å². The van der Waals surface area contributed by atoms with Gasteiger partial charge < -0.3 is 24.6 Å². The molecule has 1 aromatic heterocycles. The maximum absolute atomic E-state index is 13.1. The predicted molar refractivity (Wildman–Crippen MR) is 159 cm³/mol. The molecule has 0 spiro atoms. The number of nitriles is 1. The lowest BCUT2D eigenvalue weighted by Crippen LogP contribution is -2.49. The highest BCUT2D eigenvalue weighted by Gasteiger charge is 2.30. The van der Waals surface area contributed by atoms with Crippen molar-refractivity contribution in [2.75, 3.05) is 57.1 Å². The fraction of sp³-hybridized carbons (Fsp3) is 0.367. The summed E-state index contributed by atoms with van der Waals surface area (Å²) < 4.78 is 47.2. The first kappa shape index (κ1) is 31.0. The number of hydrogen-bond acceptors (Lipinski definition) is 7. The molecular weight excluding hydrogens is 597 g/mol. The highest BCUT2D eigenvalue weighted by atomic mass is 32.1. The lowest BCUT2D eigenvalue weighted by atomic mass is 10.0. The number of alkyl halides is 3. The van der Waals surface area contributed by atoms with E-state index in [0.29, 0.717) is 74.2 Å². The number of carbonyl (C=O) groups excluding carboxylic acids is 2. The number of nitrogens with zero attached hydrogens (tertiary/aromatic N) is 4. The molecule has 0 saturated carbocycles. The molecule has 0 unspecified atom stereocenters. The van der Waals surface area contributed by atoms with Gasteiger partial charge in [0.25, 0.3) is 0 Å². The van der Waals surface area contributed by atoms with Crippen LogP contribution in [-0.4, -0.2) is 79.4 Å². The molecule has 2 aliphatic heterocycles. The third-order valence-corrected chi connectivity index (χ3v) is 8.55. The van der Waals surface area contributed by atoms with Gasteiger partial charge in [-0.15, -0.1) is 11.3 Å². The van der Waals surface area contributed by atoms with Gasteiger partial charge in [0.2, 0.25) is 0 Å². The second-order valence-corrected chi connectivity index (χ2v) is 11.5. The van der Waals surface area contributed by atoms with E-state index in [-0.39, 0.29) is 17.8 Å². The Labute approximate surface area is 256 Å². The van der Waals surface area contributed by atoms with E-state index in [0.717, 1.165) is 16.0 Å². The summed E-state index contributed by atoms with van der Waals surface area (Å²) in [4.78, 5) is 32.5. The van der Waals surface area contributed by atoms with Crippen molar-refractivity contribution in [3.05, 3.63) is 70.1 Å². The molecule has 2 N–H and O–H groups in total. The van der Waals surface area contributed by atoms with Gasteiger partial charge in [0.1, 0.15) is 22.6 Å². The predicted octanol–water partition coefficient (Wildman–Crippen LogP) is 5.51. The fourth-order valence-electron chi connectivity index (χ4n) is 5.13. The van der Waals surface area contributed by atoms with Crippen molar-refractivity contribution in [3.63, 3.8) is 0 Å². The third-order valence-electron chi connectivity index (χ3n) is 7.42. The van der Waals surface area contributed by atoms with E-state index in [1.54, 1.807) is 34.1 Å². The van der Waals surface area contributed by atoms with Crippen LogP contribution in [0.1, 0.15) is 21.6 Å². The number of ether oxygens (including phenoxy) is 2. The van der Waals surface area contributed by atoms with Crippen molar-refractivity contribution in [3.8, 4) is 17.6 Å². The highest BCUT2D eigenvalue weighted by molar-refractivity contribution is 7.16. The number of methoxy groups -OCH3 is 1. The normalized spacial score (nSPS) is 15.2. The Hall–Kier alpha value is -4.48. The summed E-state index contributed by atoms with van der Waals surface area (Å²) in [5.41, 5.74) is 2.78. The number of benzene rings is 2. The summed E-state index contributed by atoms with van der Waals surface area (Å²) >= 11 is 1.31. The first-order valence-corrected chi connectivity index (χ1v) is 14.8. The second-order valence-electron chi connectivity index (χ2n) is 10.4. The smallest absolute Gasteiger partial charge is 0.422 e. The van der Waals surface area contributed by atoms with E-state index in [2.05, 4.69) is 21.6 Å². The summed E-state index contributed by atoms with van der Waals surface area (Å²) in [6.45, 7) is 2.18. The molecule has 2 aliphatic rings. The summed E-state index contributed by atoms with van der Waals surface area (Å²) in [6.07, 6.45) is -3.89. The van der Waals surface area contributed by atoms with Gasteiger partial charge in [0.05, 0.1) is 24.9 Å². The van der Waals surface area contributed by atoms with Gasteiger partial charge in [-0.25, -0.2) is 9.59 Å². The number of hydrogen-bond donors (Lipinski definition) is 2. The van der Waals surface area contributed by atoms with Gasteiger partial charge in [-0.05, 0) is 41.8 Å². The van der Waals surface area contributed by atoms with Crippen molar-refractivity contribution in [2.45, 2.75) is 25.7 Å². The number of amides is 4. The standard InChI is InChI=1S/C30H31F3N6O4S/c1-42-25-5-3-2-4-24(25)35-28(40)39-11-10-22-23(16-34)27(44-26(22)18-39)36-29(41)38-14-12-37(13-15-38)17-20-6-8-21(9-7-20)43-19-30(31,32)33/h2-9H,10-15,17-19H2,1H3,(H,35,40)(H,36,41). The Morgan fingerprint density at radius 2 is 1.68 bits per heavy atom. The zero-order valence-corrected chi connectivity index (χ0v) is 24.8. The first-order chi connectivity index (χ1) is 21.1. The zero-order chi connectivity index (χ0) is 31.3. The molecule has 0 bridgehead atoms. The van der Waals surface area contributed by atoms with Gasteiger partial charge in [0.15, 0.2) is 6.61 Å². The average molecular weight is 629 g/mol. The van der Waals surface area contributed by atoms with E-state index < -0.39 is 12.8 Å². The number of anilines is 2. The molecule has 10 nitrogen and oxygen atoms in total. The fourth-order valence-corrected chi connectivity index (χ4v) is 6.33. The van der Waals surface area contributed by atoms with Crippen LogP contribution in [0.4, 0.5) is 33.4 Å². The van der Waals surface area contributed by atoms with E-state index in [1.807, 2.05) is 12.1 Å². The van der Waals surface area contributed by atoms with Crippen LogP contribution in [0.2, 0.25) is 0 Å². The van der Waals surface area contributed by atoms with E-state index >= 15 is 0 Å². The van der Waals surface area contributed by atoms with Crippen LogP contribution in [0, 0.1) is 11.3 Å². The van der Waals surface area contributed by atoms with Crippen LogP contribution in [-0.2, 0) is 19.5 Å². The van der Waals surface area contributed by atoms with Crippen LogP contribution >= 0.6 is 11.3 Å². The van der Waals surface area contributed by atoms with Gasteiger partial charge in [-0.3, -0.25) is 10.2 Å². The van der Waals surface area contributed by atoms with Crippen molar-refractivity contribution in [2.24, 2.45) is 0 Å². The van der Waals surface area contributed by atoms with Gasteiger partial charge in [-0.2, -0.15) is 18.4 Å². The number of urea groups is 2. The topological polar surface area (TPSA) is 110 Å². The minimum atomic E-state index is -4.39. The lowest BCUT2D eigenvalue weighted by Gasteiger charge is -2.34. The minimum Gasteiger partial charge on any atom is -0.495 e. The lowest BCUT2D eigenvalue weighted by molar-refractivity contribution is -0.153. The number of fused-ring (bicyclic) bond motifs is 1. The molecule has 0 aliphatic carbocycles. The molecule has 5 rings (SSSR count). The SMILES string of the molecule is COc1ccccc1NC(=O)N1CCc2c(sc(NC(=O)N3CCN(Cc4ccc(OCC(F)(F)F)cc4)CC3)c2C#N)C1. The summed E-state index contributed by atoms with van der Waals surface area (Å²) in [5, 5.41) is 16.2. The monoisotopic (exact) mass is 628 g/mol. The van der Waals surface area contributed by atoms with Crippen LogP contribution in [0.15, 0.2) is 48.5 Å². The quantitative estimate of drug-likeness (QED) is 0.357. The van der Waals surface area contributed by atoms with E-state index in [4.69, 9.17) is 9.47 Å². The van der Waals surface area contributed by atoms with E-state index in [9.17, 15) is 28.0 Å². The number of para-hydroxylation sites is 2. The van der Waals surface area contributed by atoms with Gasteiger partial charge >= 0.3 is 18.2 Å². The second kappa shape index (κ2) is 13.4. The number of rotatable bonds is 7. The number of piperazine rings is 1. The van der Waals surface area contributed by atoms with Gasteiger partial charge in [-0.1, -0.05) is 24.3 Å². The van der Waals surface area contributed by atoms with Crippen LogP contribution in [0.3, 0.4) is 0 Å². The van der Waals surface area contributed by atoms with Crippen molar-refractivity contribution >= 4 is 34.1 Å². The molecule has 4 amide bonds. The largest absolute Gasteiger partial charge is 0.495 e. The van der Waals surface area contributed by atoms with Crippen molar-refractivity contribution in [1.29, 1.82) is 5.26 Å². The third kappa shape index (κ3) is 7.53. The number of thiophene rings is 1. The van der Waals surface area contributed by atoms with Crippen LogP contribution < -0.4 is 20.1 Å². The zero-order valence-electron chi connectivity index (χ0n) is 23.9. The molecule has 0 radical (unpaired) electrons. The molecule has 232 valence electrons. The molecule has 1 saturated heterocycles. The van der Waals surface area contributed by atoms with Crippen LogP contribution in [0.5, 0.6) is 11.5 Å². The summed E-state index contributed by atoms with van der Waals surface area (Å²) in [5.74, 6) is 0.711. The Kier molecular flexibility index (Phi) is 9.46. The Morgan fingerprint density at radius 3 is 2.36 bits per heavy atom. The number of nitrogens with one attached hydrogen (secondary N) is 2. The van der Waals surface area contributed by atoms with E-state index in [1.165, 1.54) is 30.6 Å². The number of carbonyl (C=O) groups is 2. The molecule has 44 heavy (non-hydrogen) atoms. The number of halogens is 3. The maximum Gasteiger partial charge on any atom is 0.422 e. The average Bonchev–Trinajstić information content (AvgIpc) is 3.37. The molecular formula is C30H31F3N6O4S. The highest BCUT2D eigenvalue weighted by Crippen LogP contribution is 2.37. The Balaban J connectivity index is 1.13. The van der Waals surface area contributed by atoms with Crippen molar-refractivity contribution in [1.82, 2.24) is 14.7 Å².